The molecule has 5 aromatic rings. The summed E-state index contributed by atoms with van der Waals surface area (Å²) in [5.41, 5.74) is -0.487. The molecule has 32 heteroatoms. The highest BCUT2D eigenvalue weighted by molar-refractivity contribution is 8.44. The summed E-state index contributed by atoms with van der Waals surface area (Å²) in [5, 5.41) is 22.0. The Hall–Kier alpha value is -6.43. The molecule has 442 valence electrons. The molecule has 82 heavy (non-hydrogen) atoms. The Morgan fingerprint density at radius 3 is 2.41 bits per heavy atom. The van der Waals surface area contributed by atoms with E-state index in [1.807, 2.05) is 0 Å². The minimum atomic E-state index is -4.36. The number of aromatic amines is 1. The molecule has 7 N–H and O–H groups in total. The van der Waals surface area contributed by atoms with E-state index >= 15 is 0 Å². The highest BCUT2D eigenvalue weighted by Gasteiger charge is 2.51. The molecule has 1 aliphatic carbocycles. The van der Waals surface area contributed by atoms with Gasteiger partial charge in [0.05, 0.1) is 25.6 Å². The van der Waals surface area contributed by atoms with Crippen LogP contribution in [0.25, 0.3) is 11.2 Å². The van der Waals surface area contributed by atoms with Gasteiger partial charge in [-0.2, -0.15) is 4.98 Å². The first-order valence-corrected chi connectivity index (χ1v) is 31.0. The maximum absolute atomic E-state index is 14.0. The zero-order valence-electron chi connectivity index (χ0n) is 45.4. The molecule has 0 spiro atoms. The van der Waals surface area contributed by atoms with Gasteiger partial charge in [0.15, 0.2) is 17.4 Å². The molecule has 5 heterocycles. The summed E-state index contributed by atoms with van der Waals surface area (Å²) < 4.78 is 61.4. The van der Waals surface area contributed by atoms with Crippen LogP contribution in [-0.2, 0) is 71.4 Å². The smallest absolute Gasteiger partial charge is 0.410 e. The van der Waals surface area contributed by atoms with Crippen molar-refractivity contribution in [3.05, 3.63) is 100 Å². The highest BCUT2D eigenvalue weighted by Crippen LogP contribution is 2.58. The number of alkyl carbamates (subject to hydrolysis) is 1. The van der Waals surface area contributed by atoms with Gasteiger partial charge in [-0.15, -0.1) is 0 Å². The molecule has 1 saturated carbocycles. The molecule has 2 saturated heterocycles. The van der Waals surface area contributed by atoms with Crippen LogP contribution in [0.15, 0.2) is 78.2 Å². The Morgan fingerprint density at radius 1 is 0.963 bits per heavy atom. The third-order valence-electron chi connectivity index (χ3n) is 13.0. The topological polar surface area (TPSA) is 357 Å². The van der Waals surface area contributed by atoms with E-state index in [1.54, 1.807) is 83.1 Å². The fraction of sp³-hybridized carbons (Fsp3) is 0.480. The Bertz CT molecular complexity index is 3300. The minimum Gasteiger partial charge on any atom is -0.474 e. The van der Waals surface area contributed by atoms with Crippen molar-refractivity contribution in [3.8, 4) is 5.88 Å². The highest BCUT2D eigenvalue weighted by atomic mass is 32.7. The largest absolute Gasteiger partial charge is 0.474 e. The predicted octanol–water partition coefficient (Wildman–Crippen LogP) is 5.11. The molecule has 2 unspecified atom stereocenters. The second-order valence-electron chi connectivity index (χ2n) is 20.9. The molecule has 2 aliphatic heterocycles. The summed E-state index contributed by atoms with van der Waals surface area (Å²) in [6.45, 7) is 0.634. The molecule has 11 atom stereocenters. The number of carbonyl (C=O) groups excluding carboxylic acids is 5. The standard InChI is InChI=1S/C50H63N11O17P2S2/c1-26(2)37(56-48(67)76-50(4,5)6)44(65)54-27(3)42(63)55-31-14-12-28(13-15-31)21-71-49(68)60(7)20-29-10-8-9-11-33(29)43(64)58-47-57-41-38(45(66)59-47)53-25-61(41)46-40-39(62)35(75-46)23-73-79(69,81)77-34-19-32(74-36-16-17-51-24-52-36)18-30(34)22-72-80(70,82)78-40/h8-17,24-27,30,32,34-35,37,39-40,46,62H,18-23H2,1-7H3,(H,54,65)(H,55,63)(H,56,67)(H,69,81)(H,70,82)(H2,57,58,59,64,66)/t27-,30+,32+,34-,35+,37-,39+,40+,46+,79?,80?/m0/s1. The number of aliphatic hydroxyl groups is 1. The SMILES string of the molecule is CC(C)[C@H](NC(=O)OC(C)(C)C)C(=O)N[C@@H](C)C(=O)Nc1ccc(COC(=O)N(C)Cc2ccccc2C(=O)Nc2nc3c(ncn3[C@@H]3O[C@@H]4COP(O)(=S)O[C@H]5C[C@H](Oc6ccncn6)C[C@@H]5COP(=O)(S)O[C@@H]3[C@@H]4O)c(=O)[nH]2)cc1. The Balaban J connectivity index is 0.877. The summed E-state index contributed by atoms with van der Waals surface area (Å²) in [6, 6.07) is 12.5. The van der Waals surface area contributed by atoms with Crippen molar-refractivity contribution in [1.29, 1.82) is 0 Å². The van der Waals surface area contributed by atoms with Gasteiger partial charge < -0.3 is 63.4 Å². The van der Waals surface area contributed by atoms with E-state index in [0.717, 1.165) is 6.33 Å². The Morgan fingerprint density at radius 2 is 1.71 bits per heavy atom. The summed E-state index contributed by atoms with van der Waals surface area (Å²) in [5.74, 6) is -2.72. The number of nitrogens with one attached hydrogen (secondary N) is 5. The number of rotatable bonds is 15. The van der Waals surface area contributed by atoms with Crippen molar-refractivity contribution in [1.82, 2.24) is 45.0 Å². The van der Waals surface area contributed by atoms with Gasteiger partial charge in [0.2, 0.25) is 23.6 Å². The van der Waals surface area contributed by atoms with Crippen LogP contribution in [0.4, 0.5) is 21.2 Å². The molecule has 2 aromatic carbocycles. The van der Waals surface area contributed by atoms with Gasteiger partial charge in [-0.1, -0.05) is 56.4 Å². The van der Waals surface area contributed by atoms with Crippen LogP contribution in [-0.4, -0.2) is 143 Å². The molecular formula is C50H63N11O17P2S2. The zero-order valence-corrected chi connectivity index (χ0v) is 48.9. The number of aromatic nitrogens is 6. The Kier molecular flexibility index (Phi) is 19.6. The maximum atomic E-state index is 14.0. The van der Waals surface area contributed by atoms with Gasteiger partial charge in [-0.05, 0) is 81.2 Å². The molecule has 8 rings (SSSR count). The number of H-pyrrole nitrogens is 1. The van der Waals surface area contributed by atoms with Crippen molar-refractivity contribution in [3.63, 3.8) is 0 Å². The monoisotopic (exact) mass is 1220 g/mol. The van der Waals surface area contributed by atoms with Gasteiger partial charge in [-0.25, -0.2) is 29.1 Å². The van der Waals surface area contributed by atoms with E-state index in [2.05, 4.69) is 58.4 Å². The number of imidazole rings is 1. The van der Waals surface area contributed by atoms with E-state index in [4.69, 9.17) is 48.8 Å². The number of amides is 5. The molecule has 2 bridgehead atoms. The zero-order chi connectivity index (χ0) is 59.3. The van der Waals surface area contributed by atoms with Crippen molar-refractivity contribution >= 4 is 90.3 Å². The molecule has 28 nitrogen and oxygen atoms in total. The first kappa shape index (κ1) is 61.6. The van der Waals surface area contributed by atoms with Crippen molar-refractivity contribution in [2.75, 3.05) is 30.9 Å². The Labute approximate surface area is 480 Å². The lowest BCUT2D eigenvalue weighted by Gasteiger charge is -2.27. The van der Waals surface area contributed by atoms with E-state index in [1.165, 1.54) is 42.0 Å². The van der Waals surface area contributed by atoms with Crippen LogP contribution in [0.5, 0.6) is 5.88 Å². The van der Waals surface area contributed by atoms with E-state index in [9.17, 15) is 43.3 Å². The lowest BCUT2D eigenvalue weighted by atomic mass is 10.0. The summed E-state index contributed by atoms with van der Waals surface area (Å²) in [6.07, 6.45) is -4.15. The van der Waals surface area contributed by atoms with Crippen molar-refractivity contribution in [2.45, 2.75) is 122 Å². The summed E-state index contributed by atoms with van der Waals surface area (Å²) >= 11 is 9.60. The molecule has 0 radical (unpaired) electrons. The minimum absolute atomic E-state index is 0.101. The number of thiol groups is 1. The number of fused-ring (bicyclic) bond motifs is 4. The van der Waals surface area contributed by atoms with Crippen LogP contribution >= 0.6 is 25.8 Å². The van der Waals surface area contributed by atoms with Gasteiger partial charge >= 0.3 is 25.7 Å². The molecule has 3 aromatic heterocycles. The average Bonchev–Trinajstić information content (AvgIpc) is 4.17. The number of anilines is 2. The summed E-state index contributed by atoms with van der Waals surface area (Å²) in [4.78, 5) is 111. The van der Waals surface area contributed by atoms with Gasteiger partial charge in [0.1, 0.15) is 55.0 Å². The molecule has 3 fully saturated rings. The quantitative estimate of drug-likeness (QED) is 0.0498. The number of benzene rings is 2. The first-order chi connectivity index (χ1) is 38.7. The predicted molar refractivity (Wildman–Crippen MR) is 299 cm³/mol. The number of hydrogen-bond donors (Lipinski definition) is 8. The number of ether oxygens (including phenoxy) is 4. The van der Waals surface area contributed by atoms with Crippen molar-refractivity contribution in [2.24, 2.45) is 11.8 Å². The number of hydrogen-bond acceptors (Lipinski definition) is 21. The van der Waals surface area contributed by atoms with Gasteiger partial charge in [0.25, 0.3) is 11.5 Å². The van der Waals surface area contributed by atoms with Crippen LogP contribution < -0.4 is 31.6 Å². The lowest BCUT2D eigenvalue weighted by molar-refractivity contribution is -0.128. The average molecular weight is 1220 g/mol. The normalized spacial score (nSPS) is 25.5. The van der Waals surface area contributed by atoms with Crippen LogP contribution in [0.1, 0.15) is 82.1 Å². The maximum Gasteiger partial charge on any atom is 0.410 e. The first-order valence-electron chi connectivity index (χ1n) is 25.7. The lowest BCUT2D eigenvalue weighted by Crippen LogP contribution is -2.54. The van der Waals surface area contributed by atoms with Gasteiger partial charge in [0, 0.05) is 49.4 Å². The van der Waals surface area contributed by atoms with Crippen LogP contribution in [0.2, 0.25) is 0 Å². The van der Waals surface area contributed by atoms with E-state index in [0.29, 0.717) is 29.1 Å². The molecule has 3 aliphatic rings. The van der Waals surface area contributed by atoms with Gasteiger partial charge in [-0.3, -0.25) is 38.6 Å². The fourth-order valence-corrected chi connectivity index (χ4v) is 12.0. The third-order valence-corrected chi connectivity index (χ3v) is 16.2. The molecule has 5 amide bonds. The van der Waals surface area contributed by atoms with Crippen LogP contribution in [0.3, 0.4) is 0 Å². The molecular weight excluding hydrogens is 1150 g/mol. The number of nitrogens with zero attached hydrogens (tertiary/aromatic N) is 6. The second-order valence-corrected chi connectivity index (χ2v) is 26.5. The summed E-state index contributed by atoms with van der Waals surface area (Å²) in [7, 11) is 1.47. The van der Waals surface area contributed by atoms with E-state index < -0.39 is 116 Å². The second kappa shape index (κ2) is 26.0. The van der Waals surface area contributed by atoms with Crippen molar-refractivity contribution < 1.29 is 75.6 Å². The third kappa shape index (κ3) is 16.0. The number of carbonyl (C=O) groups is 5. The fourth-order valence-electron chi connectivity index (χ4n) is 8.97. The number of aliphatic hydroxyl groups excluding tert-OH is 1. The van der Waals surface area contributed by atoms with E-state index in [-0.39, 0.29) is 54.8 Å². The van der Waals surface area contributed by atoms with Crippen LogP contribution in [0, 0.1) is 11.8 Å².